The highest BCUT2D eigenvalue weighted by Crippen LogP contribution is 2.28. The molecule has 0 radical (unpaired) electrons. The summed E-state index contributed by atoms with van der Waals surface area (Å²) in [5.41, 5.74) is 2.05. The summed E-state index contributed by atoms with van der Waals surface area (Å²) in [5, 5.41) is 52.7. The number of anilines is 1. The lowest BCUT2D eigenvalue weighted by Gasteiger charge is -2.27. The molecular formula is C45H54N9O10+. The first-order valence-electron chi connectivity index (χ1n) is 20.8. The molecule has 19 nitrogen and oxygen atoms in total. The van der Waals surface area contributed by atoms with Crippen molar-refractivity contribution in [2.75, 3.05) is 39.5 Å². The predicted octanol–water partition coefficient (Wildman–Crippen LogP) is 3.27. The van der Waals surface area contributed by atoms with Gasteiger partial charge in [-0.3, -0.25) is 29.3 Å². The zero-order valence-electron chi connectivity index (χ0n) is 35.9. The number of unbranched alkanes of at least 4 members (excludes halogenated alkanes) is 1. The second kappa shape index (κ2) is 22.6. The van der Waals surface area contributed by atoms with E-state index in [1.54, 1.807) is 72.8 Å². The number of quaternary nitrogens is 1. The molecule has 0 bridgehead atoms. The Balaban J connectivity index is 1.34. The van der Waals surface area contributed by atoms with Gasteiger partial charge in [-0.05, 0) is 64.5 Å². The van der Waals surface area contributed by atoms with Gasteiger partial charge in [0.25, 0.3) is 0 Å². The van der Waals surface area contributed by atoms with E-state index >= 15 is 0 Å². The number of phenolic OH excluding ortho intramolecular Hbond substituents is 1. The van der Waals surface area contributed by atoms with E-state index < -0.39 is 58.7 Å². The highest BCUT2D eigenvalue weighted by molar-refractivity contribution is 5.96. The number of aromatic hydroxyl groups is 1. The van der Waals surface area contributed by atoms with E-state index in [4.69, 9.17) is 4.63 Å². The van der Waals surface area contributed by atoms with E-state index in [9.17, 15) is 44.3 Å². The number of fused-ring (bicyclic) bond motifs is 1. The minimum absolute atomic E-state index is 0.00741. The lowest BCUT2D eigenvalue weighted by Crippen LogP contribution is -2.59. The number of carbonyl (C=O) groups is 5. The Morgan fingerprint density at radius 1 is 0.672 bits per heavy atom. The van der Waals surface area contributed by atoms with E-state index in [2.05, 4.69) is 36.9 Å². The third-order valence-electron chi connectivity index (χ3n) is 10.3. The van der Waals surface area contributed by atoms with Crippen LogP contribution >= 0.6 is 0 Å². The second-order valence-corrected chi connectivity index (χ2v) is 16.4. The maximum absolute atomic E-state index is 14.4. The molecule has 7 N–H and O–H groups in total. The molecule has 5 rings (SSSR count). The van der Waals surface area contributed by atoms with Gasteiger partial charge < -0.3 is 41.3 Å². The minimum atomic E-state index is -1.29. The molecule has 0 unspecified atom stereocenters. The lowest BCUT2D eigenvalue weighted by atomic mass is 10.0. The van der Waals surface area contributed by atoms with Gasteiger partial charge in [0, 0.05) is 38.3 Å². The van der Waals surface area contributed by atoms with Gasteiger partial charge in [0.1, 0.15) is 29.9 Å². The summed E-state index contributed by atoms with van der Waals surface area (Å²) in [4.78, 5) is 79.1. The van der Waals surface area contributed by atoms with Crippen LogP contribution in [0.1, 0.15) is 42.4 Å². The number of hydrogen-bond acceptors (Lipinski definition) is 12. The number of phenols is 1. The SMILES string of the molecule is C[N+](C)(C)CCCC[C@H](NC(=O)[C@@H](Cc1ccc(O)cc1)NC(=O)[C@@H](Cc1ccccc1)NC(=O)[C@@H](Cc1ccccc1)NC(=O)CCNc1ccc([N+](=O)[O-])c2nonc12)C(=O)O. The standard InChI is InChI=1S/C45H53N9O10/c1-54(2,3)25-11-10-16-34(45(60)61)48-43(58)37(28-31-17-19-32(55)20-18-31)50-44(59)36(27-30-14-8-5-9-15-30)49-42(57)35(26-29-12-6-4-7-13-29)47-39(56)23-24-46-33-21-22-38(53(62)63)41-40(33)51-64-52-41/h4-9,12-15,17-22,34-37H,10-11,16,23-28H2,1-3H3,(H6-,46,47,48,49,50,52,55,56,57,58,59,60,61)/p+1/t34-,35+,36+,37+/m0/s1. The third kappa shape index (κ3) is 14.6. The molecule has 1 heterocycles. The summed E-state index contributed by atoms with van der Waals surface area (Å²) in [5.74, 6) is -3.94. The fourth-order valence-electron chi connectivity index (χ4n) is 6.92. The number of rotatable bonds is 24. The maximum atomic E-state index is 14.4. The van der Waals surface area contributed by atoms with Crippen LogP contribution in [0.25, 0.3) is 11.0 Å². The monoisotopic (exact) mass is 880 g/mol. The van der Waals surface area contributed by atoms with Crippen LogP contribution in [-0.4, -0.2) is 118 Å². The fraction of sp³-hybridized carbons (Fsp3) is 0.356. The number of nitrogens with zero attached hydrogens (tertiary/aromatic N) is 4. The first kappa shape index (κ1) is 47.6. The van der Waals surface area contributed by atoms with Crippen molar-refractivity contribution in [3.63, 3.8) is 0 Å². The number of hydrogen-bond donors (Lipinski definition) is 7. The number of carboxylic acid groups (broad SMARTS) is 1. The van der Waals surface area contributed by atoms with Crippen LogP contribution < -0.4 is 26.6 Å². The summed E-state index contributed by atoms with van der Waals surface area (Å²) >= 11 is 0. The van der Waals surface area contributed by atoms with Gasteiger partial charge in [0.15, 0.2) is 5.52 Å². The van der Waals surface area contributed by atoms with E-state index in [1.165, 1.54) is 24.3 Å². The maximum Gasteiger partial charge on any atom is 0.326 e. The normalized spacial score (nSPS) is 13.2. The van der Waals surface area contributed by atoms with Gasteiger partial charge in [-0.1, -0.05) is 72.8 Å². The number of carbonyl (C=O) groups excluding carboxylic acids is 4. The first-order chi connectivity index (χ1) is 30.6. The number of aromatic nitrogens is 2. The molecule has 1 aromatic heterocycles. The summed E-state index contributed by atoms with van der Waals surface area (Å²) in [6, 6.07) is 21.5. The van der Waals surface area contributed by atoms with Crippen LogP contribution in [-0.2, 0) is 43.2 Å². The first-order valence-corrected chi connectivity index (χ1v) is 20.8. The van der Waals surface area contributed by atoms with Gasteiger partial charge in [-0.15, -0.1) is 0 Å². The topological polar surface area (TPSA) is 268 Å². The van der Waals surface area contributed by atoms with Crippen molar-refractivity contribution in [3.05, 3.63) is 124 Å². The molecule has 0 saturated carbocycles. The molecule has 5 aromatic rings. The molecule has 338 valence electrons. The van der Waals surface area contributed by atoms with E-state index in [1.807, 2.05) is 21.1 Å². The zero-order chi connectivity index (χ0) is 46.2. The van der Waals surface area contributed by atoms with Crippen molar-refractivity contribution in [2.24, 2.45) is 0 Å². The zero-order valence-corrected chi connectivity index (χ0v) is 35.9. The number of nitrogens with one attached hydrogen (secondary N) is 5. The van der Waals surface area contributed by atoms with Crippen molar-refractivity contribution in [1.29, 1.82) is 0 Å². The van der Waals surface area contributed by atoms with Gasteiger partial charge in [-0.2, -0.15) is 0 Å². The molecule has 0 aliphatic heterocycles. The van der Waals surface area contributed by atoms with Crippen molar-refractivity contribution in [3.8, 4) is 5.75 Å². The van der Waals surface area contributed by atoms with Crippen LogP contribution in [0.5, 0.6) is 5.75 Å². The van der Waals surface area contributed by atoms with Gasteiger partial charge in [0.05, 0.1) is 38.3 Å². The Morgan fingerprint density at radius 2 is 1.17 bits per heavy atom. The molecule has 4 amide bonds. The van der Waals surface area contributed by atoms with Gasteiger partial charge in [0.2, 0.25) is 29.1 Å². The molecule has 0 saturated heterocycles. The van der Waals surface area contributed by atoms with Crippen LogP contribution in [0.2, 0.25) is 0 Å². The van der Waals surface area contributed by atoms with Crippen molar-refractivity contribution in [1.82, 2.24) is 31.6 Å². The van der Waals surface area contributed by atoms with Crippen LogP contribution in [0.4, 0.5) is 11.4 Å². The van der Waals surface area contributed by atoms with E-state index in [-0.39, 0.29) is 61.1 Å². The van der Waals surface area contributed by atoms with E-state index in [0.717, 1.165) is 13.0 Å². The van der Waals surface area contributed by atoms with Crippen molar-refractivity contribution >= 4 is 52.0 Å². The summed E-state index contributed by atoms with van der Waals surface area (Å²) in [6.45, 7) is 0.838. The molecule has 4 atom stereocenters. The quantitative estimate of drug-likeness (QED) is 0.0203. The number of carboxylic acids is 1. The Bertz CT molecular complexity index is 2370. The number of amides is 4. The number of benzene rings is 4. The molecule has 0 fully saturated rings. The fourth-order valence-corrected chi connectivity index (χ4v) is 6.92. The summed E-state index contributed by atoms with van der Waals surface area (Å²) in [6.07, 6.45) is 1.26. The Hall–Kier alpha value is -7.41. The molecule has 0 aliphatic carbocycles. The molecular weight excluding hydrogens is 827 g/mol. The number of nitro groups is 1. The molecule has 19 heteroatoms. The van der Waals surface area contributed by atoms with E-state index in [0.29, 0.717) is 33.3 Å². The van der Waals surface area contributed by atoms with Crippen molar-refractivity contribution in [2.45, 2.75) is 69.1 Å². The lowest BCUT2D eigenvalue weighted by molar-refractivity contribution is -0.870. The Kier molecular flexibility index (Phi) is 16.8. The van der Waals surface area contributed by atoms with Crippen molar-refractivity contribution < 1.29 is 48.2 Å². The average molecular weight is 881 g/mol. The van der Waals surface area contributed by atoms with Crippen LogP contribution in [0.15, 0.2) is 102 Å². The second-order valence-electron chi connectivity index (χ2n) is 16.4. The minimum Gasteiger partial charge on any atom is -0.508 e. The van der Waals surface area contributed by atoms with Crippen LogP contribution in [0.3, 0.4) is 0 Å². The number of nitro benzene ring substituents is 1. The van der Waals surface area contributed by atoms with Crippen LogP contribution in [0, 0.1) is 10.1 Å². The summed E-state index contributed by atoms with van der Waals surface area (Å²) in [7, 11) is 6.09. The largest absolute Gasteiger partial charge is 0.508 e. The third-order valence-corrected chi connectivity index (χ3v) is 10.3. The Morgan fingerprint density at radius 3 is 1.69 bits per heavy atom. The Labute approximate surface area is 369 Å². The molecule has 4 aromatic carbocycles. The summed E-state index contributed by atoms with van der Waals surface area (Å²) < 4.78 is 5.41. The molecule has 0 aliphatic rings. The predicted molar refractivity (Wildman–Crippen MR) is 236 cm³/mol. The van der Waals surface area contributed by atoms with Gasteiger partial charge >= 0.3 is 11.7 Å². The molecule has 64 heavy (non-hydrogen) atoms. The number of aliphatic carboxylic acids is 1. The highest BCUT2D eigenvalue weighted by atomic mass is 16.6. The molecule has 0 spiro atoms. The smallest absolute Gasteiger partial charge is 0.326 e. The average Bonchev–Trinajstić information content (AvgIpc) is 3.75. The van der Waals surface area contributed by atoms with Gasteiger partial charge in [-0.25, -0.2) is 9.42 Å². The highest BCUT2D eigenvalue weighted by Gasteiger charge is 2.32. The number of non-ortho nitro benzene ring substituents is 1.